The molecule has 2 atom stereocenters. The van der Waals surface area contributed by atoms with Crippen LogP contribution in [0, 0.1) is 13.8 Å². The predicted molar refractivity (Wildman–Crippen MR) is 103 cm³/mol. The van der Waals surface area contributed by atoms with E-state index < -0.39 is 36.3 Å². The van der Waals surface area contributed by atoms with E-state index in [4.69, 9.17) is 5.11 Å². The van der Waals surface area contributed by atoms with Gasteiger partial charge in [0.2, 0.25) is 11.8 Å². The Balaban J connectivity index is 1.97. The maximum atomic E-state index is 12.6. The van der Waals surface area contributed by atoms with Crippen LogP contribution in [-0.4, -0.2) is 65.2 Å². The van der Waals surface area contributed by atoms with Crippen LogP contribution in [0.15, 0.2) is 18.2 Å². The molecule has 9 heteroatoms. The van der Waals surface area contributed by atoms with Gasteiger partial charge in [-0.3, -0.25) is 19.2 Å². The Morgan fingerprint density at radius 1 is 1.24 bits per heavy atom. The SMILES string of the molecule is Cc1cccc(C)c1C(=O)NCC(=O)N1CCC[C@H]1C(=O)N[C@H](C=O)CC(=O)O. The van der Waals surface area contributed by atoms with Crippen LogP contribution in [0.25, 0.3) is 0 Å². The second-order valence-corrected chi connectivity index (χ2v) is 7.04. The number of aldehydes is 1. The zero-order valence-electron chi connectivity index (χ0n) is 16.4. The molecule has 3 amide bonds. The van der Waals surface area contributed by atoms with E-state index in [-0.39, 0.29) is 12.5 Å². The van der Waals surface area contributed by atoms with Gasteiger partial charge in [0.05, 0.1) is 19.0 Å². The van der Waals surface area contributed by atoms with Gasteiger partial charge in [0, 0.05) is 12.1 Å². The van der Waals surface area contributed by atoms with E-state index in [9.17, 15) is 24.0 Å². The lowest BCUT2D eigenvalue weighted by Gasteiger charge is -2.25. The number of benzene rings is 1. The first kappa shape index (κ1) is 22.1. The van der Waals surface area contributed by atoms with E-state index in [1.807, 2.05) is 32.0 Å². The lowest BCUT2D eigenvalue weighted by molar-refractivity contribution is -0.140. The quantitative estimate of drug-likeness (QED) is 0.531. The molecule has 29 heavy (non-hydrogen) atoms. The molecule has 1 fully saturated rings. The Hall–Kier alpha value is -3.23. The van der Waals surface area contributed by atoms with Crippen molar-refractivity contribution >= 4 is 30.0 Å². The van der Waals surface area contributed by atoms with E-state index in [2.05, 4.69) is 10.6 Å². The number of likely N-dealkylation sites (tertiary alicyclic amines) is 1. The summed E-state index contributed by atoms with van der Waals surface area (Å²) in [7, 11) is 0. The van der Waals surface area contributed by atoms with E-state index in [1.54, 1.807) is 0 Å². The summed E-state index contributed by atoms with van der Waals surface area (Å²) in [6.07, 6.45) is 0.833. The van der Waals surface area contributed by atoms with Gasteiger partial charge in [-0.2, -0.15) is 0 Å². The van der Waals surface area contributed by atoms with Gasteiger partial charge in [0.15, 0.2) is 0 Å². The number of aliphatic carboxylic acids is 1. The summed E-state index contributed by atoms with van der Waals surface area (Å²) in [5.41, 5.74) is 2.11. The topological polar surface area (TPSA) is 133 Å². The first-order chi connectivity index (χ1) is 13.7. The lowest BCUT2D eigenvalue weighted by atomic mass is 10.0. The van der Waals surface area contributed by atoms with Crippen LogP contribution in [0.3, 0.4) is 0 Å². The summed E-state index contributed by atoms with van der Waals surface area (Å²) < 4.78 is 0. The summed E-state index contributed by atoms with van der Waals surface area (Å²) in [6.45, 7) is 3.71. The van der Waals surface area contributed by atoms with Crippen molar-refractivity contribution in [3.8, 4) is 0 Å². The second kappa shape index (κ2) is 9.81. The predicted octanol–water partition coefficient (Wildman–Crippen LogP) is 0.183. The number of rotatable bonds is 8. The van der Waals surface area contributed by atoms with Crippen molar-refractivity contribution in [2.45, 2.75) is 45.2 Å². The first-order valence-electron chi connectivity index (χ1n) is 9.36. The Morgan fingerprint density at radius 2 is 1.90 bits per heavy atom. The molecule has 0 saturated carbocycles. The molecule has 1 aliphatic rings. The molecule has 1 aromatic rings. The number of amides is 3. The molecular formula is C20H25N3O6. The number of nitrogens with zero attached hydrogens (tertiary/aromatic N) is 1. The number of hydrogen-bond donors (Lipinski definition) is 3. The fourth-order valence-electron chi connectivity index (χ4n) is 3.46. The Morgan fingerprint density at radius 3 is 2.48 bits per heavy atom. The van der Waals surface area contributed by atoms with Gasteiger partial charge < -0.3 is 25.4 Å². The van der Waals surface area contributed by atoms with E-state index in [0.717, 1.165) is 11.1 Å². The highest BCUT2D eigenvalue weighted by molar-refractivity contribution is 5.99. The highest BCUT2D eigenvalue weighted by Gasteiger charge is 2.35. The number of carbonyl (C=O) groups excluding carboxylic acids is 4. The zero-order chi connectivity index (χ0) is 21.6. The third kappa shape index (κ3) is 5.63. The number of carboxylic acids is 1. The Bertz CT molecular complexity index is 802. The normalized spacial score (nSPS) is 16.8. The van der Waals surface area contributed by atoms with Gasteiger partial charge in [-0.1, -0.05) is 18.2 Å². The van der Waals surface area contributed by atoms with E-state index in [1.165, 1.54) is 4.90 Å². The maximum absolute atomic E-state index is 12.6. The van der Waals surface area contributed by atoms with Crippen molar-refractivity contribution in [2.24, 2.45) is 0 Å². The second-order valence-electron chi connectivity index (χ2n) is 7.04. The minimum Gasteiger partial charge on any atom is -0.481 e. The van der Waals surface area contributed by atoms with Crippen molar-refractivity contribution < 1.29 is 29.1 Å². The molecule has 1 saturated heterocycles. The first-order valence-corrected chi connectivity index (χ1v) is 9.36. The molecule has 9 nitrogen and oxygen atoms in total. The summed E-state index contributed by atoms with van der Waals surface area (Å²) >= 11 is 0. The molecular weight excluding hydrogens is 378 g/mol. The van der Waals surface area contributed by atoms with Gasteiger partial charge in [0.25, 0.3) is 5.91 Å². The smallest absolute Gasteiger partial charge is 0.305 e. The van der Waals surface area contributed by atoms with E-state index >= 15 is 0 Å². The molecule has 0 aromatic heterocycles. The van der Waals surface area contributed by atoms with Crippen LogP contribution < -0.4 is 10.6 Å². The van der Waals surface area contributed by atoms with Gasteiger partial charge in [-0.15, -0.1) is 0 Å². The van der Waals surface area contributed by atoms with Crippen LogP contribution >= 0.6 is 0 Å². The number of carbonyl (C=O) groups is 5. The largest absolute Gasteiger partial charge is 0.481 e. The number of nitrogens with one attached hydrogen (secondary N) is 2. The molecule has 1 aromatic carbocycles. The molecule has 0 unspecified atom stereocenters. The third-order valence-electron chi connectivity index (χ3n) is 4.87. The summed E-state index contributed by atoms with van der Waals surface area (Å²) in [6, 6.07) is 3.52. The minimum absolute atomic E-state index is 0.261. The van der Waals surface area contributed by atoms with Crippen molar-refractivity contribution in [3.63, 3.8) is 0 Å². The maximum Gasteiger partial charge on any atom is 0.305 e. The standard InChI is InChI=1S/C20H25N3O6/c1-12-5-3-6-13(2)18(12)20(29)21-10-16(25)23-8-4-7-15(23)19(28)22-14(11-24)9-17(26)27/h3,5-6,11,14-15H,4,7-10H2,1-2H3,(H,21,29)(H,22,28)(H,26,27)/t14-,15-/m0/s1. The molecule has 0 radical (unpaired) electrons. The molecule has 156 valence electrons. The lowest BCUT2D eigenvalue weighted by Crippen LogP contribution is -2.51. The van der Waals surface area contributed by atoms with Gasteiger partial charge in [0.1, 0.15) is 12.3 Å². The van der Waals surface area contributed by atoms with Gasteiger partial charge >= 0.3 is 5.97 Å². The van der Waals surface area contributed by atoms with E-state index in [0.29, 0.717) is 31.2 Å². The molecule has 0 spiro atoms. The van der Waals surface area contributed by atoms with Crippen molar-refractivity contribution in [1.29, 1.82) is 0 Å². The molecule has 3 N–H and O–H groups in total. The fraction of sp³-hybridized carbons (Fsp3) is 0.450. The van der Waals surface area contributed by atoms with Crippen molar-refractivity contribution in [1.82, 2.24) is 15.5 Å². The highest BCUT2D eigenvalue weighted by Crippen LogP contribution is 2.18. The van der Waals surface area contributed by atoms with Crippen LogP contribution in [0.5, 0.6) is 0 Å². The summed E-state index contributed by atoms with van der Waals surface area (Å²) in [5.74, 6) is -2.56. The summed E-state index contributed by atoms with van der Waals surface area (Å²) in [4.78, 5) is 60.5. The van der Waals surface area contributed by atoms with Crippen LogP contribution in [0.1, 0.15) is 40.7 Å². The fourth-order valence-corrected chi connectivity index (χ4v) is 3.46. The molecule has 0 aliphatic carbocycles. The highest BCUT2D eigenvalue weighted by atomic mass is 16.4. The summed E-state index contributed by atoms with van der Waals surface area (Å²) in [5, 5.41) is 13.7. The minimum atomic E-state index is -1.21. The average molecular weight is 403 g/mol. The zero-order valence-corrected chi connectivity index (χ0v) is 16.4. The Kier molecular flexibility index (Phi) is 7.46. The molecule has 1 aliphatic heterocycles. The number of hydrogen-bond acceptors (Lipinski definition) is 5. The van der Waals surface area contributed by atoms with Crippen molar-refractivity contribution in [3.05, 3.63) is 34.9 Å². The van der Waals surface area contributed by atoms with Crippen LogP contribution in [0.2, 0.25) is 0 Å². The molecule has 0 bridgehead atoms. The number of aryl methyl sites for hydroxylation is 2. The average Bonchev–Trinajstić information content (AvgIpc) is 3.15. The molecule has 1 heterocycles. The van der Waals surface area contributed by atoms with Gasteiger partial charge in [-0.25, -0.2) is 0 Å². The number of carboxylic acid groups (broad SMARTS) is 1. The molecule has 2 rings (SSSR count). The van der Waals surface area contributed by atoms with Crippen molar-refractivity contribution in [2.75, 3.05) is 13.1 Å². The Labute approximate surface area is 168 Å². The van der Waals surface area contributed by atoms with Crippen LogP contribution in [0.4, 0.5) is 0 Å². The van der Waals surface area contributed by atoms with Crippen LogP contribution in [-0.2, 0) is 19.2 Å². The third-order valence-corrected chi connectivity index (χ3v) is 4.87. The van der Waals surface area contributed by atoms with Gasteiger partial charge in [-0.05, 0) is 37.8 Å². The monoisotopic (exact) mass is 403 g/mol.